The van der Waals surface area contributed by atoms with Crippen LogP contribution in [0.3, 0.4) is 0 Å². The average molecular weight is 379 g/mol. The van der Waals surface area contributed by atoms with Gasteiger partial charge in [-0.2, -0.15) is 0 Å². The lowest BCUT2D eigenvalue weighted by Gasteiger charge is -2.09. The number of furan rings is 1. The zero-order valence-corrected chi connectivity index (χ0v) is 16.2. The van der Waals surface area contributed by atoms with Gasteiger partial charge in [-0.3, -0.25) is 4.79 Å². The van der Waals surface area contributed by atoms with E-state index in [2.05, 4.69) is 23.6 Å². The molecule has 2 N–H and O–H groups in total. The Morgan fingerprint density at radius 1 is 1.31 bits per heavy atom. The van der Waals surface area contributed by atoms with Gasteiger partial charge < -0.3 is 19.8 Å². The Kier molecular flexibility index (Phi) is 7.54. The van der Waals surface area contributed by atoms with Crippen LogP contribution in [-0.2, 0) is 6.61 Å². The predicted molar refractivity (Wildman–Crippen MR) is 104 cm³/mol. The van der Waals surface area contributed by atoms with Gasteiger partial charge in [-0.1, -0.05) is 17.7 Å². The van der Waals surface area contributed by atoms with Crippen molar-refractivity contribution < 1.29 is 13.9 Å². The van der Waals surface area contributed by atoms with Crippen LogP contribution < -0.4 is 15.4 Å². The molecule has 1 aliphatic heterocycles. The van der Waals surface area contributed by atoms with Gasteiger partial charge in [0, 0.05) is 6.54 Å². The molecular weight excluding hydrogens is 352 g/mol. The molecule has 1 aliphatic rings. The number of halogens is 1. The lowest BCUT2D eigenvalue weighted by Crippen LogP contribution is -2.26. The molecule has 2 heterocycles. The summed E-state index contributed by atoms with van der Waals surface area (Å²) in [6.07, 6.45) is 2.19. The molecule has 0 spiro atoms. The standard InChI is InChI=1S/C20H26N2O3.ClH/c1-14-3-5-18(15(2)11-14)24-13-17-4-6-19(25-17)20(23)22-10-8-16-7-9-21-12-16;/h3-6,11,16,21H,7-10,12-13H2,1-2H3,(H,22,23);1H. The highest BCUT2D eigenvalue weighted by atomic mass is 35.5. The SMILES string of the molecule is Cc1ccc(OCc2ccc(C(=O)NCCC3CCNC3)o2)c(C)c1.Cl. The van der Waals surface area contributed by atoms with Gasteiger partial charge in [0.25, 0.3) is 5.91 Å². The first-order valence-corrected chi connectivity index (χ1v) is 8.89. The largest absolute Gasteiger partial charge is 0.485 e. The number of hydrogen-bond acceptors (Lipinski definition) is 4. The van der Waals surface area contributed by atoms with Crippen LogP contribution in [0.1, 0.15) is 40.3 Å². The van der Waals surface area contributed by atoms with E-state index in [4.69, 9.17) is 9.15 Å². The Bertz CT molecular complexity index is 724. The molecule has 26 heavy (non-hydrogen) atoms. The molecule has 1 amide bonds. The van der Waals surface area contributed by atoms with Crippen molar-refractivity contribution in [3.05, 3.63) is 53.0 Å². The van der Waals surface area contributed by atoms with Crippen LogP contribution in [0.5, 0.6) is 5.75 Å². The third-order valence-corrected chi connectivity index (χ3v) is 4.59. The summed E-state index contributed by atoms with van der Waals surface area (Å²) in [5, 5.41) is 6.26. The minimum Gasteiger partial charge on any atom is -0.485 e. The highest BCUT2D eigenvalue weighted by Crippen LogP contribution is 2.20. The van der Waals surface area contributed by atoms with E-state index in [1.165, 1.54) is 12.0 Å². The number of nitrogens with one attached hydrogen (secondary N) is 2. The molecule has 5 nitrogen and oxygen atoms in total. The smallest absolute Gasteiger partial charge is 0.286 e. The zero-order valence-electron chi connectivity index (χ0n) is 15.3. The second kappa shape index (κ2) is 9.64. The van der Waals surface area contributed by atoms with Gasteiger partial charge in [0.1, 0.15) is 18.1 Å². The van der Waals surface area contributed by atoms with Crippen molar-refractivity contribution in [2.45, 2.75) is 33.3 Å². The third-order valence-electron chi connectivity index (χ3n) is 4.59. The highest BCUT2D eigenvalue weighted by Gasteiger charge is 2.16. The molecular formula is C20H27ClN2O3. The van der Waals surface area contributed by atoms with Crippen molar-refractivity contribution in [3.63, 3.8) is 0 Å². The minimum absolute atomic E-state index is 0. The summed E-state index contributed by atoms with van der Waals surface area (Å²) in [6, 6.07) is 9.55. The number of carbonyl (C=O) groups is 1. The molecule has 2 aromatic rings. The van der Waals surface area contributed by atoms with Crippen LogP contribution in [0.25, 0.3) is 0 Å². The summed E-state index contributed by atoms with van der Waals surface area (Å²) >= 11 is 0. The number of benzene rings is 1. The first-order valence-electron chi connectivity index (χ1n) is 8.89. The van der Waals surface area contributed by atoms with E-state index >= 15 is 0 Å². The van der Waals surface area contributed by atoms with Gasteiger partial charge in [-0.05, 0) is 69.5 Å². The van der Waals surface area contributed by atoms with Crippen LogP contribution >= 0.6 is 12.4 Å². The Balaban J connectivity index is 0.00000243. The predicted octanol–water partition coefficient (Wildman–Crippen LogP) is 3.63. The van der Waals surface area contributed by atoms with E-state index in [1.54, 1.807) is 12.1 Å². The Labute approximate surface area is 160 Å². The molecule has 1 fully saturated rings. The highest BCUT2D eigenvalue weighted by molar-refractivity contribution is 5.91. The van der Waals surface area contributed by atoms with Gasteiger partial charge >= 0.3 is 0 Å². The third kappa shape index (κ3) is 5.51. The number of rotatable bonds is 7. The summed E-state index contributed by atoms with van der Waals surface area (Å²) in [5.41, 5.74) is 2.29. The van der Waals surface area contributed by atoms with E-state index in [0.29, 0.717) is 30.6 Å². The van der Waals surface area contributed by atoms with Crippen LogP contribution in [0, 0.1) is 19.8 Å². The molecule has 6 heteroatoms. The van der Waals surface area contributed by atoms with Crippen molar-refractivity contribution >= 4 is 18.3 Å². The summed E-state index contributed by atoms with van der Waals surface area (Å²) in [5.74, 6) is 2.31. The van der Waals surface area contributed by atoms with Crippen LogP contribution in [-0.4, -0.2) is 25.5 Å². The number of hydrogen-bond donors (Lipinski definition) is 2. The molecule has 1 unspecified atom stereocenters. The lowest BCUT2D eigenvalue weighted by atomic mass is 10.1. The number of amides is 1. The Hall–Kier alpha value is -1.98. The maximum absolute atomic E-state index is 12.1. The van der Waals surface area contributed by atoms with E-state index in [1.807, 2.05) is 19.1 Å². The van der Waals surface area contributed by atoms with Gasteiger partial charge in [0.2, 0.25) is 0 Å². The molecule has 1 saturated heterocycles. The van der Waals surface area contributed by atoms with E-state index in [-0.39, 0.29) is 18.3 Å². The van der Waals surface area contributed by atoms with Gasteiger partial charge in [-0.15, -0.1) is 12.4 Å². The molecule has 3 rings (SSSR count). The van der Waals surface area contributed by atoms with E-state index < -0.39 is 0 Å². The molecule has 1 aromatic heterocycles. The molecule has 142 valence electrons. The average Bonchev–Trinajstić information content (AvgIpc) is 3.25. The maximum Gasteiger partial charge on any atom is 0.286 e. The summed E-state index contributed by atoms with van der Waals surface area (Å²) in [4.78, 5) is 12.1. The van der Waals surface area contributed by atoms with Crippen molar-refractivity contribution in [2.24, 2.45) is 5.92 Å². The van der Waals surface area contributed by atoms with E-state index in [9.17, 15) is 4.79 Å². The van der Waals surface area contributed by atoms with Gasteiger partial charge in [-0.25, -0.2) is 0 Å². The molecule has 0 saturated carbocycles. The normalized spacial score (nSPS) is 16.2. The number of ether oxygens (including phenoxy) is 1. The molecule has 0 bridgehead atoms. The summed E-state index contributed by atoms with van der Waals surface area (Å²) in [6.45, 7) is 7.20. The Morgan fingerprint density at radius 3 is 2.88 bits per heavy atom. The lowest BCUT2D eigenvalue weighted by molar-refractivity contribution is 0.0920. The minimum atomic E-state index is -0.163. The maximum atomic E-state index is 12.1. The van der Waals surface area contributed by atoms with Crippen LogP contribution in [0.4, 0.5) is 0 Å². The van der Waals surface area contributed by atoms with E-state index in [0.717, 1.165) is 30.8 Å². The summed E-state index contributed by atoms with van der Waals surface area (Å²) < 4.78 is 11.4. The fourth-order valence-corrected chi connectivity index (χ4v) is 3.13. The second-order valence-electron chi connectivity index (χ2n) is 6.73. The van der Waals surface area contributed by atoms with Gasteiger partial charge in [0.15, 0.2) is 5.76 Å². The van der Waals surface area contributed by atoms with Gasteiger partial charge in [0.05, 0.1) is 0 Å². The fraction of sp³-hybridized carbons (Fsp3) is 0.450. The number of aryl methyl sites for hydroxylation is 2. The van der Waals surface area contributed by atoms with Crippen LogP contribution in [0.15, 0.2) is 34.7 Å². The summed E-state index contributed by atoms with van der Waals surface area (Å²) in [7, 11) is 0. The van der Waals surface area contributed by atoms with Crippen LogP contribution in [0.2, 0.25) is 0 Å². The number of carbonyl (C=O) groups excluding carboxylic acids is 1. The van der Waals surface area contributed by atoms with Crippen molar-refractivity contribution in [2.75, 3.05) is 19.6 Å². The monoisotopic (exact) mass is 378 g/mol. The second-order valence-corrected chi connectivity index (χ2v) is 6.73. The first kappa shape index (κ1) is 20.3. The van der Waals surface area contributed by atoms with Crippen molar-refractivity contribution in [1.82, 2.24) is 10.6 Å². The zero-order chi connectivity index (χ0) is 17.6. The first-order chi connectivity index (χ1) is 12.1. The molecule has 0 radical (unpaired) electrons. The molecule has 1 aromatic carbocycles. The molecule has 1 atom stereocenters. The van der Waals surface area contributed by atoms with Crippen molar-refractivity contribution in [3.8, 4) is 5.75 Å². The molecule has 0 aliphatic carbocycles. The Morgan fingerprint density at radius 2 is 2.15 bits per heavy atom. The van der Waals surface area contributed by atoms with Crippen molar-refractivity contribution in [1.29, 1.82) is 0 Å². The quantitative estimate of drug-likeness (QED) is 0.772. The fourth-order valence-electron chi connectivity index (χ4n) is 3.13. The topological polar surface area (TPSA) is 63.5 Å².